The third kappa shape index (κ3) is 2.84. The van der Waals surface area contributed by atoms with Gasteiger partial charge in [-0.15, -0.1) is 0 Å². The summed E-state index contributed by atoms with van der Waals surface area (Å²) in [6.45, 7) is 11.0. The molecule has 0 heterocycles. The van der Waals surface area contributed by atoms with Crippen molar-refractivity contribution in [2.24, 2.45) is 17.3 Å². The van der Waals surface area contributed by atoms with Crippen molar-refractivity contribution >= 4 is 0 Å². The molecule has 1 rings (SSSR count). The van der Waals surface area contributed by atoms with Crippen LogP contribution in [0.5, 0.6) is 0 Å². The third-order valence-corrected chi connectivity index (χ3v) is 4.54. The highest BCUT2D eigenvalue weighted by Crippen LogP contribution is 2.45. The highest BCUT2D eigenvalue weighted by Gasteiger charge is 2.34. The average Bonchev–Trinajstić information content (AvgIpc) is 2.39. The molecule has 0 unspecified atom stereocenters. The van der Waals surface area contributed by atoms with Crippen LogP contribution < -0.4 is 0 Å². The topological polar surface area (TPSA) is 20.2 Å². The van der Waals surface area contributed by atoms with Gasteiger partial charge in [0.2, 0.25) is 0 Å². The van der Waals surface area contributed by atoms with Crippen LogP contribution in [0.2, 0.25) is 0 Å². The Balaban J connectivity index is 2.42. The van der Waals surface area contributed by atoms with Crippen molar-refractivity contribution < 1.29 is 5.11 Å². The average molecular weight is 210 g/mol. The quantitative estimate of drug-likeness (QED) is 0.700. The van der Waals surface area contributed by atoms with E-state index in [0.717, 1.165) is 12.3 Å². The molecule has 0 fully saturated rings. The Morgan fingerprint density at radius 2 is 2.07 bits per heavy atom. The molecule has 1 aliphatic carbocycles. The van der Waals surface area contributed by atoms with Gasteiger partial charge in [0, 0.05) is 0 Å². The van der Waals surface area contributed by atoms with Crippen LogP contribution in [-0.2, 0) is 0 Å². The largest absolute Gasteiger partial charge is 0.393 e. The minimum absolute atomic E-state index is 0.163. The first-order chi connectivity index (χ1) is 6.85. The Bertz CT molecular complexity index is 238. The first-order valence-electron chi connectivity index (χ1n) is 6.21. The van der Waals surface area contributed by atoms with Crippen LogP contribution in [0.4, 0.5) is 0 Å². The van der Waals surface area contributed by atoms with Crippen LogP contribution in [-0.4, -0.2) is 11.2 Å². The fraction of sp³-hybridized carbons (Fsp3) is 0.857. The highest BCUT2D eigenvalue weighted by molar-refractivity contribution is 5.18. The summed E-state index contributed by atoms with van der Waals surface area (Å²) in [6.07, 6.45) is 5.84. The van der Waals surface area contributed by atoms with E-state index in [2.05, 4.69) is 33.8 Å². The van der Waals surface area contributed by atoms with E-state index in [4.69, 9.17) is 0 Å². The molecule has 1 nitrogen and oxygen atoms in total. The zero-order valence-corrected chi connectivity index (χ0v) is 10.9. The number of allylic oxidation sites excluding steroid dienone is 2. The normalized spacial score (nSPS) is 28.7. The van der Waals surface area contributed by atoms with Gasteiger partial charge >= 0.3 is 0 Å². The van der Waals surface area contributed by atoms with Gasteiger partial charge in [-0.2, -0.15) is 0 Å². The van der Waals surface area contributed by atoms with E-state index in [1.54, 1.807) is 0 Å². The van der Waals surface area contributed by atoms with Crippen molar-refractivity contribution in [2.45, 2.75) is 60.0 Å². The van der Waals surface area contributed by atoms with Crippen LogP contribution >= 0.6 is 0 Å². The summed E-state index contributed by atoms with van der Waals surface area (Å²) in [5.74, 6) is 1.21. The van der Waals surface area contributed by atoms with Crippen molar-refractivity contribution in [2.75, 3.05) is 0 Å². The molecule has 88 valence electrons. The Labute approximate surface area is 94.6 Å². The number of hydrogen-bond acceptors (Lipinski definition) is 1. The minimum Gasteiger partial charge on any atom is -0.393 e. The maximum Gasteiger partial charge on any atom is 0.0537 e. The maximum atomic E-state index is 9.46. The van der Waals surface area contributed by atoms with E-state index in [0.29, 0.717) is 11.3 Å². The lowest BCUT2D eigenvalue weighted by Crippen LogP contribution is -2.22. The molecule has 1 N–H and O–H groups in total. The van der Waals surface area contributed by atoms with Crippen LogP contribution in [0, 0.1) is 17.3 Å². The fourth-order valence-corrected chi connectivity index (χ4v) is 2.38. The Morgan fingerprint density at radius 3 is 2.47 bits per heavy atom. The molecule has 0 saturated heterocycles. The molecule has 0 spiro atoms. The van der Waals surface area contributed by atoms with Gasteiger partial charge in [-0.25, -0.2) is 0 Å². The van der Waals surface area contributed by atoms with Gasteiger partial charge in [0.05, 0.1) is 6.10 Å². The molecule has 0 saturated carbocycles. The molecule has 0 aliphatic heterocycles. The van der Waals surface area contributed by atoms with Crippen LogP contribution in [0.1, 0.15) is 53.9 Å². The fourth-order valence-electron chi connectivity index (χ4n) is 2.38. The molecule has 0 aromatic heterocycles. The van der Waals surface area contributed by atoms with Crippen LogP contribution in [0.15, 0.2) is 11.6 Å². The van der Waals surface area contributed by atoms with Crippen molar-refractivity contribution in [3.05, 3.63) is 11.6 Å². The number of aliphatic hydroxyl groups excluding tert-OH is 1. The van der Waals surface area contributed by atoms with Gasteiger partial charge in [-0.1, -0.05) is 32.4 Å². The smallest absolute Gasteiger partial charge is 0.0537 e. The summed E-state index contributed by atoms with van der Waals surface area (Å²) >= 11 is 0. The van der Waals surface area contributed by atoms with E-state index in [9.17, 15) is 5.11 Å². The SMILES string of the molecule is CC1=CC[C@@H](CC[C@H](C)[C@H](C)O)C1(C)C. The Morgan fingerprint density at radius 1 is 1.47 bits per heavy atom. The van der Waals surface area contributed by atoms with Gasteiger partial charge in [0.1, 0.15) is 0 Å². The predicted molar refractivity (Wildman–Crippen MR) is 65.7 cm³/mol. The number of hydrogen-bond donors (Lipinski definition) is 1. The van der Waals surface area contributed by atoms with E-state index < -0.39 is 0 Å². The third-order valence-electron chi connectivity index (χ3n) is 4.54. The first-order valence-corrected chi connectivity index (χ1v) is 6.21. The van der Waals surface area contributed by atoms with Crippen molar-refractivity contribution in [3.63, 3.8) is 0 Å². The van der Waals surface area contributed by atoms with E-state index in [1.165, 1.54) is 18.4 Å². The van der Waals surface area contributed by atoms with Gasteiger partial charge in [-0.05, 0) is 50.4 Å². The van der Waals surface area contributed by atoms with E-state index in [1.807, 2.05) is 6.92 Å². The summed E-state index contributed by atoms with van der Waals surface area (Å²) in [4.78, 5) is 0. The Hall–Kier alpha value is -0.300. The molecule has 0 aromatic rings. The van der Waals surface area contributed by atoms with E-state index >= 15 is 0 Å². The molecular formula is C14H26O. The second-order valence-corrected chi connectivity index (χ2v) is 5.84. The summed E-state index contributed by atoms with van der Waals surface area (Å²) in [5.41, 5.74) is 1.91. The molecule has 0 aromatic carbocycles. The number of aliphatic hydroxyl groups is 1. The van der Waals surface area contributed by atoms with E-state index in [-0.39, 0.29) is 6.10 Å². The van der Waals surface area contributed by atoms with Crippen molar-refractivity contribution in [1.29, 1.82) is 0 Å². The lowest BCUT2D eigenvalue weighted by molar-refractivity contribution is 0.120. The first kappa shape index (κ1) is 12.8. The summed E-state index contributed by atoms with van der Waals surface area (Å²) in [7, 11) is 0. The molecule has 0 radical (unpaired) electrons. The monoisotopic (exact) mass is 210 g/mol. The lowest BCUT2D eigenvalue weighted by atomic mass is 9.74. The lowest BCUT2D eigenvalue weighted by Gasteiger charge is -2.30. The summed E-state index contributed by atoms with van der Waals surface area (Å²) in [5, 5.41) is 9.46. The highest BCUT2D eigenvalue weighted by atomic mass is 16.3. The Kier molecular flexibility index (Phi) is 3.99. The molecule has 1 heteroatoms. The molecular weight excluding hydrogens is 184 g/mol. The molecule has 1 aliphatic rings. The molecule has 3 atom stereocenters. The minimum atomic E-state index is -0.163. The second kappa shape index (κ2) is 4.69. The van der Waals surface area contributed by atoms with Crippen molar-refractivity contribution in [3.8, 4) is 0 Å². The molecule has 0 bridgehead atoms. The molecule has 15 heavy (non-hydrogen) atoms. The van der Waals surface area contributed by atoms with Gasteiger partial charge in [0.25, 0.3) is 0 Å². The van der Waals surface area contributed by atoms with Gasteiger partial charge < -0.3 is 5.11 Å². The maximum absolute atomic E-state index is 9.46. The zero-order valence-electron chi connectivity index (χ0n) is 10.9. The van der Waals surface area contributed by atoms with Gasteiger partial charge in [-0.3, -0.25) is 0 Å². The summed E-state index contributed by atoms with van der Waals surface area (Å²) < 4.78 is 0. The molecule has 0 amide bonds. The number of rotatable bonds is 4. The van der Waals surface area contributed by atoms with Crippen molar-refractivity contribution in [1.82, 2.24) is 0 Å². The van der Waals surface area contributed by atoms with Crippen LogP contribution in [0.3, 0.4) is 0 Å². The van der Waals surface area contributed by atoms with Gasteiger partial charge in [0.15, 0.2) is 0 Å². The summed E-state index contributed by atoms with van der Waals surface area (Å²) in [6, 6.07) is 0. The van der Waals surface area contributed by atoms with Crippen LogP contribution in [0.25, 0.3) is 0 Å². The zero-order chi connectivity index (χ0) is 11.6. The predicted octanol–water partition coefficient (Wildman–Crippen LogP) is 3.78. The standard InChI is InChI=1S/C14H26O/c1-10(12(3)15)6-8-13-9-7-11(2)14(13,4)5/h7,10,12-13,15H,6,8-9H2,1-5H3/t10-,12-,13+/m0/s1. The second-order valence-electron chi connectivity index (χ2n) is 5.84.